The van der Waals surface area contributed by atoms with Crippen molar-refractivity contribution in [1.29, 1.82) is 0 Å². The van der Waals surface area contributed by atoms with Crippen molar-refractivity contribution < 1.29 is 28.7 Å². The van der Waals surface area contributed by atoms with Crippen molar-refractivity contribution in [2.24, 2.45) is 5.73 Å². The maximum atomic E-state index is 13.8. The van der Waals surface area contributed by atoms with Crippen LogP contribution in [0.2, 0.25) is 0 Å². The largest absolute Gasteiger partial charge is 0.462 e. The summed E-state index contributed by atoms with van der Waals surface area (Å²) in [5, 5.41) is 0. The van der Waals surface area contributed by atoms with E-state index in [1.165, 1.54) is 6.92 Å². The van der Waals surface area contributed by atoms with Crippen molar-refractivity contribution in [3.63, 3.8) is 0 Å². The summed E-state index contributed by atoms with van der Waals surface area (Å²) in [4.78, 5) is 53.2. The molecule has 1 spiro atoms. The lowest BCUT2D eigenvalue weighted by Crippen LogP contribution is -2.52. The quantitative estimate of drug-likeness (QED) is 0.755. The highest BCUT2D eigenvalue weighted by Crippen LogP contribution is 2.56. The Morgan fingerprint density at radius 3 is 2.66 bits per heavy atom. The van der Waals surface area contributed by atoms with Crippen LogP contribution < -0.4 is 10.6 Å². The number of fused-ring (bicyclic) bond motifs is 3. The average Bonchev–Trinajstić information content (AvgIpc) is 2.91. The second-order valence-electron chi connectivity index (χ2n) is 7.06. The van der Waals surface area contributed by atoms with Crippen LogP contribution in [0, 0.1) is 0 Å². The third-order valence-electron chi connectivity index (χ3n) is 5.46. The van der Waals surface area contributed by atoms with E-state index in [4.69, 9.17) is 15.2 Å². The number of hydrogen-bond acceptors (Lipinski definition) is 7. The fraction of sp³-hybridized carbons (Fsp3) is 0.333. The number of nitrogens with zero attached hydrogens (tertiary/aromatic N) is 1. The van der Waals surface area contributed by atoms with Crippen molar-refractivity contribution in [3.05, 3.63) is 52.6 Å². The molecule has 0 bridgehead atoms. The molecule has 4 rings (SSSR count). The van der Waals surface area contributed by atoms with Crippen LogP contribution in [-0.2, 0) is 34.1 Å². The van der Waals surface area contributed by atoms with Gasteiger partial charge in [0.2, 0.25) is 11.8 Å². The Morgan fingerprint density at radius 2 is 1.97 bits per heavy atom. The van der Waals surface area contributed by atoms with Crippen LogP contribution >= 0.6 is 0 Å². The molecule has 29 heavy (non-hydrogen) atoms. The molecule has 0 aromatic heterocycles. The van der Waals surface area contributed by atoms with Crippen molar-refractivity contribution in [3.8, 4) is 0 Å². The molecule has 1 aromatic carbocycles. The number of amides is 2. The van der Waals surface area contributed by atoms with Gasteiger partial charge >= 0.3 is 5.97 Å². The van der Waals surface area contributed by atoms with Gasteiger partial charge in [-0.3, -0.25) is 14.4 Å². The van der Waals surface area contributed by atoms with Crippen LogP contribution in [0.25, 0.3) is 0 Å². The number of para-hydroxylation sites is 1. The van der Waals surface area contributed by atoms with Gasteiger partial charge in [0.15, 0.2) is 5.78 Å². The lowest BCUT2D eigenvalue weighted by molar-refractivity contribution is -0.141. The molecule has 2 amide bonds. The molecule has 150 valence electrons. The summed E-state index contributed by atoms with van der Waals surface area (Å²) in [7, 11) is 0. The van der Waals surface area contributed by atoms with Gasteiger partial charge in [-0.2, -0.15) is 0 Å². The Hall–Kier alpha value is -3.42. The van der Waals surface area contributed by atoms with Crippen LogP contribution in [0.3, 0.4) is 0 Å². The number of hydrogen-bond donors (Lipinski definition) is 1. The molecule has 2 heterocycles. The molecule has 2 aliphatic heterocycles. The van der Waals surface area contributed by atoms with Crippen LogP contribution in [0.1, 0.15) is 38.7 Å². The fourth-order valence-corrected chi connectivity index (χ4v) is 4.46. The van der Waals surface area contributed by atoms with E-state index in [1.807, 2.05) is 0 Å². The molecule has 1 aromatic rings. The predicted molar refractivity (Wildman–Crippen MR) is 101 cm³/mol. The van der Waals surface area contributed by atoms with Crippen molar-refractivity contribution >= 4 is 29.3 Å². The summed E-state index contributed by atoms with van der Waals surface area (Å²) >= 11 is 0. The molecule has 1 aliphatic carbocycles. The number of imide groups is 1. The zero-order valence-corrected chi connectivity index (χ0v) is 16.1. The maximum absolute atomic E-state index is 13.8. The van der Waals surface area contributed by atoms with Crippen LogP contribution in [0.5, 0.6) is 0 Å². The molecular weight excluding hydrogens is 376 g/mol. The first-order valence-electron chi connectivity index (χ1n) is 9.42. The minimum atomic E-state index is -1.86. The first-order chi connectivity index (χ1) is 13.9. The highest BCUT2D eigenvalue weighted by Gasteiger charge is 2.64. The number of carbonyl (C=O) groups excluding carboxylic acids is 4. The SMILES string of the molecule is CCOC(=O)C1=C(N)OC2=C(C(=O)CCC2)C12C(=O)N(C(C)=O)c1ccccc12. The van der Waals surface area contributed by atoms with Gasteiger partial charge in [0.25, 0.3) is 5.91 Å². The normalized spacial score (nSPS) is 23.2. The molecule has 0 saturated carbocycles. The summed E-state index contributed by atoms with van der Waals surface area (Å²) in [6.07, 6.45) is 1.15. The summed E-state index contributed by atoms with van der Waals surface area (Å²) in [5.41, 5.74) is 4.73. The molecule has 0 radical (unpaired) electrons. The van der Waals surface area contributed by atoms with Gasteiger partial charge in [-0.15, -0.1) is 0 Å². The smallest absolute Gasteiger partial charge is 0.341 e. The van der Waals surface area contributed by atoms with Gasteiger partial charge in [-0.1, -0.05) is 18.2 Å². The van der Waals surface area contributed by atoms with E-state index in [2.05, 4.69) is 0 Å². The number of carbonyl (C=O) groups is 4. The first kappa shape index (κ1) is 18.9. The zero-order chi connectivity index (χ0) is 20.9. The molecule has 1 atom stereocenters. The van der Waals surface area contributed by atoms with E-state index in [0.29, 0.717) is 24.1 Å². The van der Waals surface area contributed by atoms with E-state index >= 15 is 0 Å². The lowest BCUT2D eigenvalue weighted by Gasteiger charge is -2.38. The number of ether oxygens (including phenoxy) is 2. The third kappa shape index (κ3) is 2.38. The fourth-order valence-electron chi connectivity index (χ4n) is 4.46. The minimum absolute atomic E-state index is 0.0395. The van der Waals surface area contributed by atoms with Crippen LogP contribution in [-0.4, -0.2) is 30.2 Å². The van der Waals surface area contributed by atoms with Gasteiger partial charge in [-0.05, 0) is 19.4 Å². The number of anilines is 1. The second-order valence-corrected chi connectivity index (χ2v) is 7.06. The van der Waals surface area contributed by atoms with E-state index in [1.54, 1.807) is 31.2 Å². The number of nitrogens with two attached hydrogens (primary N) is 1. The molecule has 3 aliphatic rings. The van der Waals surface area contributed by atoms with E-state index < -0.39 is 23.2 Å². The first-order valence-corrected chi connectivity index (χ1v) is 9.42. The molecule has 0 fully saturated rings. The summed E-state index contributed by atoms with van der Waals surface area (Å²) in [6, 6.07) is 6.58. The Labute approximate surface area is 166 Å². The van der Waals surface area contributed by atoms with Crippen molar-refractivity contribution in [2.75, 3.05) is 11.5 Å². The number of Topliss-reactive ketones (excluding diaryl/α,β-unsaturated/α-hetero) is 1. The molecule has 8 heteroatoms. The van der Waals surface area contributed by atoms with Gasteiger partial charge in [-0.25, -0.2) is 9.69 Å². The number of esters is 1. The highest BCUT2D eigenvalue weighted by atomic mass is 16.5. The van der Waals surface area contributed by atoms with Crippen LogP contribution in [0.15, 0.2) is 47.1 Å². The molecular formula is C21H20N2O6. The van der Waals surface area contributed by atoms with Gasteiger partial charge < -0.3 is 15.2 Å². The number of rotatable bonds is 2. The van der Waals surface area contributed by atoms with Gasteiger partial charge in [0.1, 0.15) is 16.7 Å². The Morgan fingerprint density at radius 1 is 1.24 bits per heavy atom. The topological polar surface area (TPSA) is 116 Å². The minimum Gasteiger partial charge on any atom is -0.462 e. The maximum Gasteiger partial charge on any atom is 0.341 e. The highest BCUT2D eigenvalue weighted by molar-refractivity contribution is 6.30. The predicted octanol–water partition coefficient (Wildman–Crippen LogP) is 1.59. The molecule has 8 nitrogen and oxygen atoms in total. The van der Waals surface area contributed by atoms with E-state index in [0.717, 1.165) is 4.90 Å². The summed E-state index contributed by atoms with van der Waals surface area (Å²) < 4.78 is 10.8. The standard InChI is InChI=1S/C21H20N2O6/c1-3-28-19(26)17-18(22)29-15-10-6-9-14(25)16(15)21(17)12-7-4-5-8-13(12)23(11(2)24)20(21)27/h4-5,7-8H,3,6,9-10,22H2,1-2H3. The van der Waals surface area contributed by atoms with Crippen molar-refractivity contribution in [1.82, 2.24) is 0 Å². The molecule has 1 unspecified atom stereocenters. The van der Waals surface area contributed by atoms with Gasteiger partial charge in [0, 0.05) is 25.3 Å². The van der Waals surface area contributed by atoms with E-state index in [-0.39, 0.29) is 41.6 Å². The Balaban J connectivity index is 2.12. The second kappa shape index (κ2) is 6.58. The van der Waals surface area contributed by atoms with Gasteiger partial charge in [0.05, 0.1) is 17.9 Å². The molecule has 2 N–H and O–H groups in total. The third-order valence-corrected chi connectivity index (χ3v) is 5.46. The van der Waals surface area contributed by atoms with Crippen LogP contribution in [0.4, 0.5) is 5.69 Å². The summed E-state index contributed by atoms with van der Waals surface area (Å²) in [6.45, 7) is 2.91. The zero-order valence-electron chi connectivity index (χ0n) is 16.1. The van der Waals surface area contributed by atoms with Crippen molar-refractivity contribution in [2.45, 2.75) is 38.5 Å². The number of ketones is 1. The average molecular weight is 396 g/mol. The Kier molecular flexibility index (Phi) is 4.29. The Bertz CT molecular complexity index is 1040. The molecule has 0 saturated heterocycles. The monoisotopic (exact) mass is 396 g/mol. The number of benzene rings is 1. The van der Waals surface area contributed by atoms with E-state index in [9.17, 15) is 19.2 Å². The number of allylic oxidation sites excluding steroid dienone is 1. The lowest BCUT2D eigenvalue weighted by atomic mass is 9.64. The summed E-state index contributed by atoms with van der Waals surface area (Å²) in [5.74, 6) is -2.44.